The predicted molar refractivity (Wildman–Crippen MR) is 73.6 cm³/mol. The minimum Gasteiger partial charge on any atom is -0.389 e. The van der Waals surface area contributed by atoms with Crippen LogP contribution in [0.1, 0.15) is 48.8 Å². The van der Waals surface area contributed by atoms with E-state index in [4.69, 9.17) is 5.73 Å². The molecule has 2 aliphatic carbocycles. The molecule has 1 aromatic rings. The molecule has 18 heavy (non-hydrogen) atoms. The molecule has 98 valence electrons. The molecule has 2 nitrogen and oxygen atoms in total. The third kappa shape index (κ3) is 2.45. The molecule has 2 unspecified atom stereocenters. The van der Waals surface area contributed by atoms with E-state index in [0.29, 0.717) is 0 Å². The fourth-order valence-electron chi connectivity index (χ4n) is 3.66. The zero-order chi connectivity index (χ0) is 12.6. The highest BCUT2D eigenvalue weighted by Gasteiger charge is 2.33. The van der Waals surface area contributed by atoms with Crippen molar-refractivity contribution in [2.24, 2.45) is 5.73 Å². The number of hydrogen-bond acceptors (Lipinski definition) is 2. The summed E-state index contributed by atoms with van der Waals surface area (Å²) in [7, 11) is 0. The molecule has 0 amide bonds. The summed E-state index contributed by atoms with van der Waals surface area (Å²) in [5, 5.41) is 10.7. The van der Waals surface area contributed by atoms with Gasteiger partial charge in [0, 0.05) is 12.5 Å². The Bertz CT molecular complexity index is 443. The van der Waals surface area contributed by atoms with Crippen LogP contribution in [0.25, 0.3) is 0 Å². The molecule has 0 spiro atoms. The number of hydrogen-bond donors (Lipinski definition) is 2. The van der Waals surface area contributed by atoms with Gasteiger partial charge in [0.1, 0.15) is 0 Å². The molecule has 3 N–H and O–H groups in total. The van der Waals surface area contributed by atoms with Gasteiger partial charge in [0.05, 0.1) is 5.60 Å². The van der Waals surface area contributed by atoms with Crippen LogP contribution in [0.2, 0.25) is 0 Å². The van der Waals surface area contributed by atoms with Gasteiger partial charge in [0.2, 0.25) is 0 Å². The van der Waals surface area contributed by atoms with Crippen molar-refractivity contribution in [1.29, 1.82) is 0 Å². The van der Waals surface area contributed by atoms with Crippen molar-refractivity contribution in [3.63, 3.8) is 0 Å². The molecule has 0 radical (unpaired) electrons. The van der Waals surface area contributed by atoms with Crippen LogP contribution in [0.15, 0.2) is 18.2 Å². The lowest BCUT2D eigenvalue weighted by Crippen LogP contribution is -2.42. The third-order valence-electron chi connectivity index (χ3n) is 4.56. The largest absolute Gasteiger partial charge is 0.389 e. The topological polar surface area (TPSA) is 46.2 Å². The van der Waals surface area contributed by atoms with E-state index in [-0.39, 0.29) is 6.04 Å². The summed E-state index contributed by atoms with van der Waals surface area (Å²) >= 11 is 0. The van der Waals surface area contributed by atoms with Gasteiger partial charge in [-0.3, -0.25) is 0 Å². The Hall–Kier alpha value is -0.860. The Labute approximate surface area is 109 Å². The summed E-state index contributed by atoms with van der Waals surface area (Å²) in [6, 6.07) is 6.94. The van der Waals surface area contributed by atoms with Crippen LogP contribution < -0.4 is 5.73 Å². The maximum atomic E-state index is 10.7. The molecule has 2 atom stereocenters. The molecule has 0 aliphatic heterocycles. The number of fused-ring (bicyclic) bond motifs is 1. The van der Waals surface area contributed by atoms with Crippen LogP contribution in [0, 0.1) is 0 Å². The molecule has 1 saturated carbocycles. The second-order valence-corrected chi connectivity index (χ2v) is 6.21. The molecular weight excluding hydrogens is 222 g/mol. The number of nitrogens with two attached hydrogens (primary N) is 1. The SMILES string of the molecule is NC1CCCC(O)(Cc2ccc3c(c2)CCC3)C1. The molecule has 2 heteroatoms. The maximum Gasteiger partial charge on any atom is 0.0702 e. The molecule has 0 bridgehead atoms. The summed E-state index contributed by atoms with van der Waals surface area (Å²) < 4.78 is 0. The van der Waals surface area contributed by atoms with Crippen molar-refractivity contribution >= 4 is 0 Å². The lowest BCUT2D eigenvalue weighted by molar-refractivity contribution is -0.00191. The van der Waals surface area contributed by atoms with Crippen molar-refractivity contribution in [2.75, 3.05) is 0 Å². The van der Waals surface area contributed by atoms with Gasteiger partial charge < -0.3 is 10.8 Å². The van der Waals surface area contributed by atoms with Crippen LogP contribution >= 0.6 is 0 Å². The van der Waals surface area contributed by atoms with Crippen LogP contribution in [0.5, 0.6) is 0 Å². The van der Waals surface area contributed by atoms with E-state index >= 15 is 0 Å². The first-order valence-corrected chi connectivity index (χ1v) is 7.23. The minimum atomic E-state index is -0.565. The van der Waals surface area contributed by atoms with Crippen molar-refractivity contribution in [1.82, 2.24) is 0 Å². The third-order valence-corrected chi connectivity index (χ3v) is 4.56. The first kappa shape index (κ1) is 12.2. The quantitative estimate of drug-likeness (QED) is 0.840. The summed E-state index contributed by atoms with van der Waals surface area (Å²) in [6.07, 6.45) is 8.27. The van der Waals surface area contributed by atoms with Crippen molar-refractivity contribution < 1.29 is 5.11 Å². The zero-order valence-electron chi connectivity index (χ0n) is 11.0. The molecular formula is C16H23NO. The van der Waals surface area contributed by atoms with Gasteiger partial charge in [-0.1, -0.05) is 18.2 Å². The fraction of sp³-hybridized carbons (Fsp3) is 0.625. The zero-order valence-corrected chi connectivity index (χ0v) is 11.0. The Morgan fingerprint density at radius 1 is 1.22 bits per heavy atom. The summed E-state index contributed by atoms with van der Waals surface area (Å²) in [5.41, 5.74) is 9.72. The Morgan fingerprint density at radius 2 is 2.06 bits per heavy atom. The van der Waals surface area contributed by atoms with Gasteiger partial charge in [-0.25, -0.2) is 0 Å². The van der Waals surface area contributed by atoms with Crippen molar-refractivity contribution in [2.45, 2.75) is 63.0 Å². The van der Waals surface area contributed by atoms with Crippen molar-refractivity contribution in [3.05, 3.63) is 34.9 Å². The summed E-state index contributed by atoms with van der Waals surface area (Å²) in [4.78, 5) is 0. The molecule has 1 fully saturated rings. The number of aliphatic hydroxyl groups is 1. The van der Waals surface area contributed by atoms with E-state index in [1.807, 2.05) is 0 Å². The molecule has 0 heterocycles. The summed E-state index contributed by atoms with van der Waals surface area (Å²) in [6.45, 7) is 0. The number of aryl methyl sites for hydroxylation is 2. The van der Waals surface area contributed by atoms with E-state index in [2.05, 4.69) is 18.2 Å². The van der Waals surface area contributed by atoms with E-state index in [1.165, 1.54) is 36.0 Å². The average molecular weight is 245 g/mol. The van der Waals surface area contributed by atoms with Gasteiger partial charge in [-0.05, 0) is 61.6 Å². The standard InChI is InChI=1S/C16H23NO/c17-15-5-2-8-16(18,11-15)10-12-6-7-13-3-1-4-14(13)9-12/h6-7,9,15,18H,1-5,8,10-11,17H2. The van der Waals surface area contributed by atoms with Gasteiger partial charge in [-0.2, -0.15) is 0 Å². The predicted octanol–water partition coefficient (Wildman–Crippen LogP) is 2.35. The van der Waals surface area contributed by atoms with Crippen molar-refractivity contribution in [3.8, 4) is 0 Å². The van der Waals surface area contributed by atoms with Gasteiger partial charge in [0.25, 0.3) is 0 Å². The van der Waals surface area contributed by atoms with Gasteiger partial charge in [-0.15, -0.1) is 0 Å². The number of benzene rings is 1. The smallest absolute Gasteiger partial charge is 0.0702 e. The highest BCUT2D eigenvalue weighted by Crippen LogP contribution is 2.32. The molecule has 2 aliphatic rings. The van der Waals surface area contributed by atoms with Crippen LogP contribution in [0.4, 0.5) is 0 Å². The molecule has 0 aromatic heterocycles. The summed E-state index contributed by atoms with van der Waals surface area (Å²) in [5.74, 6) is 0. The normalized spacial score (nSPS) is 31.3. The van der Waals surface area contributed by atoms with E-state index in [0.717, 1.165) is 32.1 Å². The van der Waals surface area contributed by atoms with Crippen LogP contribution in [0.3, 0.4) is 0 Å². The Morgan fingerprint density at radius 3 is 2.89 bits per heavy atom. The second-order valence-electron chi connectivity index (χ2n) is 6.21. The van der Waals surface area contributed by atoms with Crippen LogP contribution in [-0.2, 0) is 19.3 Å². The molecule has 0 saturated heterocycles. The van der Waals surface area contributed by atoms with E-state index in [9.17, 15) is 5.11 Å². The highest BCUT2D eigenvalue weighted by atomic mass is 16.3. The Kier molecular flexibility index (Phi) is 3.16. The lowest BCUT2D eigenvalue weighted by atomic mass is 9.78. The molecule has 3 rings (SSSR count). The van der Waals surface area contributed by atoms with Gasteiger partial charge in [0.15, 0.2) is 0 Å². The maximum absolute atomic E-state index is 10.7. The first-order chi connectivity index (χ1) is 8.65. The van der Waals surface area contributed by atoms with Crippen LogP contribution in [-0.4, -0.2) is 16.7 Å². The van der Waals surface area contributed by atoms with Gasteiger partial charge >= 0.3 is 0 Å². The average Bonchev–Trinajstić information content (AvgIpc) is 2.75. The fourth-order valence-corrected chi connectivity index (χ4v) is 3.66. The number of rotatable bonds is 2. The van der Waals surface area contributed by atoms with E-state index < -0.39 is 5.60 Å². The molecule has 1 aromatic carbocycles. The highest BCUT2D eigenvalue weighted by molar-refractivity contribution is 5.35. The first-order valence-electron chi connectivity index (χ1n) is 7.23. The minimum absolute atomic E-state index is 0.179. The Balaban J connectivity index is 1.75. The monoisotopic (exact) mass is 245 g/mol. The lowest BCUT2D eigenvalue weighted by Gasteiger charge is -2.35. The second kappa shape index (κ2) is 4.67. The van der Waals surface area contributed by atoms with E-state index in [1.54, 1.807) is 0 Å².